The normalized spacial score (nSPS) is 20.6. The van der Waals surface area contributed by atoms with Gasteiger partial charge in [0.2, 0.25) is 11.7 Å². The van der Waals surface area contributed by atoms with Crippen molar-refractivity contribution in [1.29, 1.82) is 0 Å². The van der Waals surface area contributed by atoms with Crippen molar-refractivity contribution in [3.63, 3.8) is 0 Å². The van der Waals surface area contributed by atoms with Crippen LogP contribution in [0.4, 0.5) is 0 Å². The lowest BCUT2D eigenvalue weighted by Crippen LogP contribution is -2.38. The maximum Gasteiger partial charge on any atom is 0.228 e. The molecular formula is C11H13N3OS2. The van der Waals surface area contributed by atoms with Gasteiger partial charge in [0, 0.05) is 41.5 Å². The van der Waals surface area contributed by atoms with Gasteiger partial charge in [-0.25, -0.2) is 0 Å². The van der Waals surface area contributed by atoms with Gasteiger partial charge in [0.1, 0.15) is 0 Å². The van der Waals surface area contributed by atoms with E-state index < -0.39 is 0 Å². The average molecular weight is 267 g/mol. The van der Waals surface area contributed by atoms with E-state index in [1.807, 2.05) is 28.6 Å². The van der Waals surface area contributed by atoms with Crippen molar-refractivity contribution in [1.82, 2.24) is 15.5 Å². The first kappa shape index (κ1) is 11.3. The molecule has 1 fully saturated rings. The summed E-state index contributed by atoms with van der Waals surface area (Å²) in [4.78, 5) is 4.43. The molecule has 90 valence electrons. The van der Waals surface area contributed by atoms with Crippen LogP contribution in [0.1, 0.15) is 5.89 Å². The maximum absolute atomic E-state index is 5.29. The summed E-state index contributed by atoms with van der Waals surface area (Å²) in [6.07, 6.45) is 0.824. The second-order valence-corrected chi connectivity index (χ2v) is 5.88. The Kier molecular flexibility index (Phi) is 3.44. The van der Waals surface area contributed by atoms with Crippen LogP contribution in [-0.2, 0) is 6.42 Å². The van der Waals surface area contributed by atoms with Gasteiger partial charge in [-0.15, -0.1) is 0 Å². The predicted octanol–water partition coefficient (Wildman–Crippen LogP) is 2.05. The Labute approximate surface area is 108 Å². The monoisotopic (exact) mass is 267 g/mol. The molecular weight excluding hydrogens is 254 g/mol. The van der Waals surface area contributed by atoms with Crippen LogP contribution < -0.4 is 5.32 Å². The van der Waals surface area contributed by atoms with Crippen molar-refractivity contribution in [2.24, 2.45) is 0 Å². The number of nitrogens with one attached hydrogen (secondary N) is 1. The summed E-state index contributed by atoms with van der Waals surface area (Å²) in [5, 5.41) is 11.5. The van der Waals surface area contributed by atoms with Crippen LogP contribution in [0, 0.1) is 0 Å². The van der Waals surface area contributed by atoms with Gasteiger partial charge in [0.15, 0.2) is 0 Å². The topological polar surface area (TPSA) is 51.0 Å². The van der Waals surface area contributed by atoms with E-state index in [0.29, 0.717) is 11.9 Å². The molecule has 6 heteroatoms. The third kappa shape index (κ3) is 2.70. The van der Waals surface area contributed by atoms with E-state index in [9.17, 15) is 0 Å². The third-order valence-electron chi connectivity index (χ3n) is 2.67. The molecule has 1 saturated heterocycles. The number of hydrogen-bond donors (Lipinski definition) is 1. The first-order valence-electron chi connectivity index (χ1n) is 5.58. The minimum atomic E-state index is 0.463. The second-order valence-electron chi connectivity index (χ2n) is 3.95. The van der Waals surface area contributed by atoms with Gasteiger partial charge >= 0.3 is 0 Å². The molecule has 2 aromatic rings. The van der Waals surface area contributed by atoms with Gasteiger partial charge < -0.3 is 9.84 Å². The molecule has 3 rings (SSSR count). The van der Waals surface area contributed by atoms with E-state index in [2.05, 4.69) is 15.5 Å². The molecule has 1 aliphatic heterocycles. The molecule has 0 unspecified atom stereocenters. The highest BCUT2D eigenvalue weighted by Crippen LogP contribution is 2.19. The molecule has 3 heterocycles. The van der Waals surface area contributed by atoms with Gasteiger partial charge in [-0.2, -0.15) is 28.1 Å². The number of hydrogen-bond acceptors (Lipinski definition) is 6. The summed E-state index contributed by atoms with van der Waals surface area (Å²) in [5.74, 6) is 3.74. The van der Waals surface area contributed by atoms with Gasteiger partial charge in [-0.05, 0) is 11.4 Å². The lowest BCUT2D eigenvalue weighted by molar-refractivity contribution is 0.363. The van der Waals surface area contributed by atoms with E-state index in [1.165, 1.54) is 5.75 Å². The Morgan fingerprint density at radius 2 is 2.53 bits per heavy atom. The number of aromatic nitrogens is 2. The molecule has 0 spiro atoms. The van der Waals surface area contributed by atoms with E-state index >= 15 is 0 Å². The molecule has 0 radical (unpaired) electrons. The van der Waals surface area contributed by atoms with Crippen LogP contribution in [0.3, 0.4) is 0 Å². The molecule has 0 bridgehead atoms. The lowest BCUT2D eigenvalue weighted by atomic mass is 10.2. The number of thioether (sulfide) groups is 1. The van der Waals surface area contributed by atoms with Gasteiger partial charge in [-0.3, -0.25) is 0 Å². The van der Waals surface area contributed by atoms with Crippen molar-refractivity contribution in [2.45, 2.75) is 12.5 Å². The molecule has 4 nitrogen and oxygen atoms in total. The van der Waals surface area contributed by atoms with E-state index in [0.717, 1.165) is 30.2 Å². The van der Waals surface area contributed by atoms with Gasteiger partial charge in [-0.1, -0.05) is 5.16 Å². The van der Waals surface area contributed by atoms with Crippen LogP contribution >= 0.6 is 23.1 Å². The predicted molar refractivity (Wildman–Crippen MR) is 70.4 cm³/mol. The first-order valence-corrected chi connectivity index (χ1v) is 7.68. The van der Waals surface area contributed by atoms with Crippen molar-refractivity contribution in [3.8, 4) is 11.4 Å². The molecule has 1 atom stereocenters. The van der Waals surface area contributed by atoms with Crippen LogP contribution in [0.15, 0.2) is 21.3 Å². The van der Waals surface area contributed by atoms with E-state index in [-0.39, 0.29) is 0 Å². The minimum Gasteiger partial charge on any atom is -0.339 e. The van der Waals surface area contributed by atoms with Crippen molar-refractivity contribution >= 4 is 23.1 Å². The summed E-state index contributed by atoms with van der Waals surface area (Å²) in [6.45, 7) is 1.07. The maximum atomic E-state index is 5.29. The summed E-state index contributed by atoms with van der Waals surface area (Å²) in [5.41, 5.74) is 1.04. The van der Waals surface area contributed by atoms with Crippen molar-refractivity contribution in [2.75, 3.05) is 18.1 Å². The Hall–Kier alpha value is -0.850. The molecule has 0 aromatic carbocycles. The minimum absolute atomic E-state index is 0.463. The number of rotatable bonds is 3. The number of thiophene rings is 1. The fraction of sp³-hybridized carbons (Fsp3) is 0.455. The number of nitrogens with zero attached hydrogens (tertiary/aromatic N) is 2. The van der Waals surface area contributed by atoms with E-state index in [4.69, 9.17) is 4.52 Å². The Balaban J connectivity index is 1.68. The largest absolute Gasteiger partial charge is 0.339 e. The highest BCUT2D eigenvalue weighted by Gasteiger charge is 2.17. The third-order valence-corrected chi connectivity index (χ3v) is 4.48. The summed E-state index contributed by atoms with van der Waals surface area (Å²) in [6, 6.07) is 2.47. The average Bonchev–Trinajstić information content (AvgIpc) is 3.00. The summed E-state index contributed by atoms with van der Waals surface area (Å²) >= 11 is 3.62. The molecule has 0 aliphatic carbocycles. The molecule has 17 heavy (non-hydrogen) atoms. The van der Waals surface area contributed by atoms with Gasteiger partial charge in [0.05, 0.1) is 0 Å². The van der Waals surface area contributed by atoms with Crippen LogP contribution in [0.5, 0.6) is 0 Å². The highest BCUT2D eigenvalue weighted by molar-refractivity contribution is 7.99. The molecule has 1 N–H and O–H groups in total. The second kappa shape index (κ2) is 5.20. The van der Waals surface area contributed by atoms with Crippen LogP contribution in [-0.4, -0.2) is 34.2 Å². The zero-order valence-corrected chi connectivity index (χ0v) is 10.9. The van der Waals surface area contributed by atoms with Gasteiger partial charge in [0.25, 0.3) is 0 Å². The van der Waals surface area contributed by atoms with E-state index in [1.54, 1.807) is 11.3 Å². The zero-order valence-electron chi connectivity index (χ0n) is 9.26. The lowest BCUT2D eigenvalue weighted by Gasteiger charge is -2.21. The summed E-state index contributed by atoms with van der Waals surface area (Å²) in [7, 11) is 0. The standard InChI is InChI=1S/C11H13N3OS2/c1-3-16-6-8(1)11-13-10(15-14-11)5-9-7-17-4-2-12-9/h1,3,6,9,12H,2,4-5,7H2/t9-/m0/s1. The molecule has 0 saturated carbocycles. The Bertz CT molecular complexity index is 463. The van der Waals surface area contributed by atoms with Crippen LogP contribution in [0.25, 0.3) is 11.4 Å². The molecule has 1 aliphatic rings. The smallest absolute Gasteiger partial charge is 0.228 e. The van der Waals surface area contributed by atoms with Crippen molar-refractivity contribution in [3.05, 3.63) is 22.7 Å². The summed E-state index contributed by atoms with van der Waals surface area (Å²) < 4.78 is 5.29. The Morgan fingerprint density at radius 3 is 3.29 bits per heavy atom. The SMILES string of the molecule is c1cc(-c2noc(C[C@H]3CSCCN3)n2)cs1. The molecule has 0 amide bonds. The Morgan fingerprint density at radius 1 is 1.53 bits per heavy atom. The highest BCUT2D eigenvalue weighted by atomic mass is 32.2. The zero-order chi connectivity index (χ0) is 11.5. The van der Waals surface area contributed by atoms with Crippen molar-refractivity contribution < 1.29 is 4.52 Å². The molecule has 2 aromatic heterocycles. The fourth-order valence-electron chi connectivity index (χ4n) is 1.81. The fourth-order valence-corrected chi connectivity index (χ4v) is 3.39. The van der Waals surface area contributed by atoms with Crippen LogP contribution in [0.2, 0.25) is 0 Å². The quantitative estimate of drug-likeness (QED) is 0.922. The first-order chi connectivity index (χ1) is 8.42.